The lowest BCUT2D eigenvalue weighted by Gasteiger charge is -1.98. The van der Waals surface area contributed by atoms with Crippen molar-refractivity contribution in [2.75, 3.05) is 5.32 Å². The second kappa shape index (κ2) is 5.29. The van der Waals surface area contributed by atoms with Crippen LogP contribution in [-0.4, -0.2) is 16.1 Å². The van der Waals surface area contributed by atoms with E-state index in [9.17, 15) is 4.79 Å². The summed E-state index contributed by atoms with van der Waals surface area (Å²) in [6, 6.07) is 7.59. The number of anilines is 1. The number of fused-ring (bicyclic) bond motifs is 1. The first-order valence-electron chi connectivity index (χ1n) is 6.69. The van der Waals surface area contributed by atoms with Crippen LogP contribution in [0.4, 0.5) is 5.13 Å². The smallest absolute Gasteiger partial charge is 0.293 e. The standard InChI is InChI=1S/C15H15N3O2S/c1-8(2)14-17-18-15(21-14)16-13(19)12-9(3)10-6-4-5-7-11(10)20-12/h4-8H,1-3H3,(H,16,18,19). The lowest BCUT2D eigenvalue weighted by molar-refractivity contribution is 0.0998. The molecule has 1 N–H and O–H groups in total. The maximum atomic E-state index is 12.3. The third-order valence-electron chi connectivity index (χ3n) is 3.20. The highest BCUT2D eigenvalue weighted by atomic mass is 32.1. The summed E-state index contributed by atoms with van der Waals surface area (Å²) >= 11 is 1.38. The summed E-state index contributed by atoms with van der Waals surface area (Å²) in [7, 11) is 0. The maximum absolute atomic E-state index is 12.3. The predicted octanol–water partition coefficient (Wildman–Crippen LogP) is 3.97. The minimum absolute atomic E-state index is 0.293. The van der Waals surface area contributed by atoms with Crippen LogP contribution in [0.1, 0.15) is 40.9 Å². The fraction of sp³-hybridized carbons (Fsp3) is 0.267. The lowest BCUT2D eigenvalue weighted by Crippen LogP contribution is -2.11. The second-order valence-corrected chi connectivity index (χ2v) is 6.12. The van der Waals surface area contributed by atoms with Crippen LogP contribution in [0.5, 0.6) is 0 Å². The van der Waals surface area contributed by atoms with Crippen LogP contribution in [0, 0.1) is 6.92 Å². The molecule has 1 amide bonds. The van der Waals surface area contributed by atoms with Gasteiger partial charge in [0.2, 0.25) is 5.13 Å². The van der Waals surface area contributed by atoms with E-state index in [-0.39, 0.29) is 5.91 Å². The quantitative estimate of drug-likeness (QED) is 0.794. The van der Waals surface area contributed by atoms with Gasteiger partial charge in [0.15, 0.2) is 5.76 Å². The molecule has 0 radical (unpaired) electrons. The number of benzene rings is 1. The van der Waals surface area contributed by atoms with E-state index in [1.165, 1.54) is 11.3 Å². The highest BCUT2D eigenvalue weighted by Crippen LogP contribution is 2.27. The van der Waals surface area contributed by atoms with Gasteiger partial charge in [-0.2, -0.15) is 0 Å². The summed E-state index contributed by atoms with van der Waals surface area (Å²) in [5.74, 6) is 0.314. The topological polar surface area (TPSA) is 68.0 Å². The molecule has 0 aliphatic rings. The summed E-state index contributed by atoms with van der Waals surface area (Å²) in [6.45, 7) is 5.95. The third kappa shape index (κ3) is 2.54. The van der Waals surface area contributed by atoms with E-state index in [0.29, 0.717) is 22.4 Å². The van der Waals surface area contributed by atoms with Gasteiger partial charge in [-0.05, 0) is 13.0 Å². The highest BCUT2D eigenvalue weighted by molar-refractivity contribution is 7.15. The zero-order chi connectivity index (χ0) is 15.0. The van der Waals surface area contributed by atoms with Crippen molar-refractivity contribution in [3.63, 3.8) is 0 Å². The van der Waals surface area contributed by atoms with Gasteiger partial charge < -0.3 is 4.42 Å². The van der Waals surface area contributed by atoms with E-state index < -0.39 is 0 Å². The van der Waals surface area contributed by atoms with Crippen molar-refractivity contribution in [1.82, 2.24) is 10.2 Å². The van der Waals surface area contributed by atoms with Gasteiger partial charge >= 0.3 is 0 Å². The monoisotopic (exact) mass is 301 g/mol. The van der Waals surface area contributed by atoms with Gasteiger partial charge in [-0.3, -0.25) is 10.1 Å². The molecule has 3 aromatic rings. The molecule has 21 heavy (non-hydrogen) atoms. The third-order valence-corrected chi connectivity index (χ3v) is 4.34. The van der Waals surface area contributed by atoms with Crippen molar-refractivity contribution >= 4 is 33.3 Å². The molecule has 2 aromatic heterocycles. The molecule has 0 atom stereocenters. The molecule has 3 rings (SSSR count). The SMILES string of the molecule is Cc1c(C(=O)Nc2nnc(C(C)C)s2)oc2ccccc12. The maximum Gasteiger partial charge on any atom is 0.293 e. The van der Waals surface area contributed by atoms with Crippen molar-refractivity contribution in [1.29, 1.82) is 0 Å². The molecule has 0 saturated heterocycles. The van der Waals surface area contributed by atoms with Gasteiger partial charge in [0, 0.05) is 16.9 Å². The van der Waals surface area contributed by atoms with Crippen LogP contribution in [0.25, 0.3) is 11.0 Å². The number of carbonyl (C=O) groups excluding carboxylic acids is 1. The molecule has 0 spiro atoms. The minimum Gasteiger partial charge on any atom is -0.451 e. The Morgan fingerprint density at radius 3 is 2.71 bits per heavy atom. The molecule has 0 aliphatic heterocycles. The number of nitrogens with zero attached hydrogens (tertiary/aromatic N) is 2. The van der Waals surface area contributed by atoms with Gasteiger partial charge in [-0.15, -0.1) is 10.2 Å². The summed E-state index contributed by atoms with van der Waals surface area (Å²) < 4.78 is 5.63. The average molecular weight is 301 g/mol. The minimum atomic E-state index is -0.296. The molecule has 0 fully saturated rings. The Morgan fingerprint density at radius 1 is 1.29 bits per heavy atom. The molecule has 5 nitrogen and oxygen atoms in total. The summed E-state index contributed by atoms with van der Waals surface area (Å²) in [4.78, 5) is 12.3. The number of nitrogens with one attached hydrogen (secondary N) is 1. The number of carbonyl (C=O) groups is 1. The molecular weight excluding hydrogens is 286 g/mol. The van der Waals surface area contributed by atoms with E-state index in [1.54, 1.807) is 0 Å². The van der Waals surface area contributed by atoms with Crippen molar-refractivity contribution in [2.24, 2.45) is 0 Å². The highest BCUT2D eigenvalue weighted by Gasteiger charge is 2.19. The first kappa shape index (κ1) is 13.8. The van der Waals surface area contributed by atoms with Crippen LogP contribution in [0.15, 0.2) is 28.7 Å². The Labute approximate surface area is 126 Å². The summed E-state index contributed by atoms with van der Waals surface area (Å²) in [5, 5.41) is 13.1. The van der Waals surface area contributed by atoms with Crippen molar-refractivity contribution in [3.8, 4) is 0 Å². The number of hydrogen-bond donors (Lipinski definition) is 1. The van der Waals surface area contributed by atoms with Gasteiger partial charge in [0.05, 0.1) is 0 Å². The Balaban J connectivity index is 1.88. The summed E-state index contributed by atoms with van der Waals surface area (Å²) in [6.07, 6.45) is 0. The molecule has 0 bridgehead atoms. The zero-order valence-corrected chi connectivity index (χ0v) is 12.8. The molecule has 0 unspecified atom stereocenters. The molecule has 6 heteroatoms. The Bertz CT molecular complexity index is 804. The Morgan fingerprint density at radius 2 is 2.05 bits per heavy atom. The fourth-order valence-corrected chi connectivity index (χ4v) is 2.80. The zero-order valence-electron chi connectivity index (χ0n) is 12.0. The van der Waals surface area contributed by atoms with Crippen LogP contribution in [-0.2, 0) is 0 Å². The second-order valence-electron chi connectivity index (χ2n) is 5.11. The molecule has 1 aromatic carbocycles. The van der Waals surface area contributed by atoms with E-state index in [0.717, 1.165) is 16.0 Å². The Hall–Kier alpha value is -2.21. The molecule has 108 valence electrons. The van der Waals surface area contributed by atoms with E-state index in [2.05, 4.69) is 15.5 Å². The van der Waals surface area contributed by atoms with Crippen LogP contribution in [0.3, 0.4) is 0 Å². The van der Waals surface area contributed by atoms with Gasteiger partial charge in [-0.1, -0.05) is 43.4 Å². The van der Waals surface area contributed by atoms with Crippen molar-refractivity contribution in [3.05, 3.63) is 40.6 Å². The van der Waals surface area contributed by atoms with Gasteiger partial charge in [0.1, 0.15) is 10.6 Å². The first-order chi connectivity index (χ1) is 10.1. The Kier molecular flexibility index (Phi) is 3.47. The predicted molar refractivity (Wildman–Crippen MR) is 82.9 cm³/mol. The number of para-hydroxylation sites is 1. The fourth-order valence-electron chi connectivity index (χ4n) is 2.06. The normalized spacial score (nSPS) is 11.2. The molecule has 0 aliphatic carbocycles. The van der Waals surface area contributed by atoms with Gasteiger partial charge in [-0.25, -0.2) is 0 Å². The molecule has 2 heterocycles. The number of rotatable bonds is 3. The largest absolute Gasteiger partial charge is 0.451 e. The van der Waals surface area contributed by atoms with E-state index >= 15 is 0 Å². The number of aromatic nitrogens is 2. The van der Waals surface area contributed by atoms with Crippen molar-refractivity contribution < 1.29 is 9.21 Å². The lowest BCUT2D eigenvalue weighted by atomic mass is 10.1. The number of aryl methyl sites for hydroxylation is 1. The van der Waals surface area contributed by atoms with Gasteiger partial charge in [0.25, 0.3) is 5.91 Å². The number of furan rings is 1. The van der Waals surface area contributed by atoms with Crippen LogP contribution < -0.4 is 5.32 Å². The van der Waals surface area contributed by atoms with E-state index in [1.807, 2.05) is 45.0 Å². The number of amides is 1. The molecule has 0 saturated carbocycles. The van der Waals surface area contributed by atoms with Crippen molar-refractivity contribution in [2.45, 2.75) is 26.7 Å². The number of hydrogen-bond acceptors (Lipinski definition) is 5. The van der Waals surface area contributed by atoms with Crippen LogP contribution in [0.2, 0.25) is 0 Å². The van der Waals surface area contributed by atoms with Crippen LogP contribution >= 0.6 is 11.3 Å². The summed E-state index contributed by atoms with van der Waals surface area (Å²) in [5.41, 5.74) is 1.54. The van der Waals surface area contributed by atoms with E-state index in [4.69, 9.17) is 4.42 Å². The first-order valence-corrected chi connectivity index (χ1v) is 7.51. The average Bonchev–Trinajstić information content (AvgIpc) is 3.05. The molecular formula is C15H15N3O2S.